The van der Waals surface area contributed by atoms with E-state index in [0.29, 0.717) is 41.7 Å². The van der Waals surface area contributed by atoms with Crippen LogP contribution < -0.4 is 9.64 Å². The molecule has 27 heavy (non-hydrogen) atoms. The number of hydrogen-bond donors (Lipinski definition) is 0. The molecule has 1 fully saturated rings. The molecule has 0 aromatic carbocycles. The molecule has 0 saturated carbocycles. The summed E-state index contributed by atoms with van der Waals surface area (Å²) in [6.45, 7) is 3.83. The Bertz CT molecular complexity index is 952. The number of carbonyl (C=O) groups excluding carboxylic acids is 2. The van der Waals surface area contributed by atoms with E-state index < -0.39 is 0 Å². The number of fused-ring (bicyclic) bond motifs is 2. The summed E-state index contributed by atoms with van der Waals surface area (Å²) in [5, 5.41) is 0. The normalized spacial score (nSPS) is 20.6. The van der Waals surface area contributed by atoms with Gasteiger partial charge in [0, 0.05) is 37.2 Å². The summed E-state index contributed by atoms with van der Waals surface area (Å²) in [5.74, 6) is 2.10. The number of hydrogen-bond acceptors (Lipinski definition) is 6. The highest BCUT2D eigenvalue weighted by Gasteiger charge is 2.31. The van der Waals surface area contributed by atoms with Crippen LogP contribution in [-0.4, -0.2) is 46.4 Å². The van der Waals surface area contributed by atoms with E-state index >= 15 is 0 Å². The largest absolute Gasteiger partial charge is 0.469 e. The fourth-order valence-electron chi connectivity index (χ4n) is 4.00. The van der Waals surface area contributed by atoms with Crippen molar-refractivity contribution in [1.82, 2.24) is 14.9 Å². The van der Waals surface area contributed by atoms with Crippen LogP contribution in [0.15, 0.2) is 24.4 Å². The lowest BCUT2D eigenvalue weighted by Gasteiger charge is -2.16. The van der Waals surface area contributed by atoms with Crippen LogP contribution in [0.2, 0.25) is 0 Å². The zero-order valence-corrected chi connectivity index (χ0v) is 15.1. The molecule has 1 unspecified atom stereocenters. The molecule has 0 bridgehead atoms. The van der Waals surface area contributed by atoms with Gasteiger partial charge in [-0.2, -0.15) is 0 Å². The molecule has 1 saturated heterocycles. The lowest BCUT2D eigenvalue weighted by molar-refractivity contribution is 0.0791. The molecule has 5 rings (SSSR count). The smallest absolute Gasteiger partial charge is 0.255 e. The van der Waals surface area contributed by atoms with Crippen LogP contribution in [0.4, 0.5) is 11.6 Å². The fourth-order valence-corrected chi connectivity index (χ4v) is 4.00. The SMILES string of the molecule is CC1Cc2nc(N3COc4cc(C(=O)N5CCCC5)cnc43)ccc2C1=O. The zero-order chi connectivity index (χ0) is 18.5. The van der Waals surface area contributed by atoms with Gasteiger partial charge < -0.3 is 9.64 Å². The molecule has 1 atom stereocenters. The van der Waals surface area contributed by atoms with E-state index in [0.717, 1.165) is 31.6 Å². The van der Waals surface area contributed by atoms with E-state index in [4.69, 9.17) is 4.74 Å². The number of pyridine rings is 2. The van der Waals surface area contributed by atoms with Gasteiger partial charge in [-0.1, -0.05) is 6.92 Å². The maximum absolute atomic E-state index is 12.6. The molecule has 2 aromatic rings. The zero-order valence-electron chi connectivity index (χ0n) is 15.1. The highest BCUT2D eigenvalue weighted by Crippen LogP contribution is 2.38. The van der Waals surface area contributed by atoms with Crippen molar-refractivity contribution in [3.05, 3.63) is 41.2 Å². The molecule has 7 nitrogen and oxygen atoms in total. The summed E-state index contributed by atoms with van der Waals surface area (Å²) in [4.78, 5) is 37.5. The molecular weight excluding hydrogens is 344 g/mol. The second-order valence-electron chi connectivity index (χ2n) is 7.38. The van der Waals surface area contributed by atoms with Crippen LogP contribution in [-0.2, 0) is 6.42 Å². The maximum atomic E-state index is 12.6. The molecule has 7 heteroatoms. The highest BCUT2D eigenvalue weighted by atomic mass is 16.5. The summed E-state index contributed by atoms with van der Waals surface area (Å²) in [5.41, 5.74) is 2.10. The third kappa shape index (κ3) is 2.57. The lowest BCUT2D eigenvalue weighted by atomic mass is 10.1. The van der Waals surface area contributed by atoms with Crippen molar-refractivity contribution < 1.29 is 14.3 Å². The van der Waals surface area contributed by atoms with Crippen LogP contribution in [0.5, 0.6) is 5.75 Å². The highest BCUT2D eigenvalue weighted by molar-refractivity contribution is 6.01. The molecule has 0 radical (unpaired) electrons. The molecule has 2 aliphatic heterocycles. The van der Waals surface area contributed by atoms with Crippen LogP contribution in [0.25, 0.3) is 0 Å². The standard InChI is InChI=1S/C20H20N4O3/c1-12-8-15-14(18(12)25)4-5-17(22-15)24-11-27-16-9-13(10-21-19(16)24)20(26)23-6-2-3-7-23/h4-5,9-10,12H,2-3,6-8,11H2,1H3. The van der Waals surface area contributed by atoms with E-state index in [-0.39, 0.29) is 17.6 Å². The Morgan fingerprint density at radius 1 is 1.26 bits per heavy atom. The first-order chi connectivity index (χ1) is 13.1. The van der Waals surface area contributed by atoms with Gasteiger partial charge in [-0.25, -0.2) is 9.97 Å². The molecule has 0 spiro atoms. The Kier molecular flexibility index (Phi) is 3.63. The number of likely N-dealkylation sites (tertiary alicyclic amines) is 1. The molecule has 3 aliphatic rings. The topological polar surface area (TPSA) is 75.6 Å². The van der Waals surface area contributed by atoms with E-state index in [2.05, 4.69) is 9.97 Å². The Balaban J connectivity index is 1.43. The van der Waals surface area contributed by atoms with Crippen LogP contribution in [0.3, 0.4) is 0 Å². The van der Waals surface area contributed by atoms with Crippen molar-refractivity contribution >= 4 is 23.3 Å². The first-order valence-electron chi connectivity index (χ1n) is 9.35. The summed E-state index contributed by atoms with van der Waals surface area (Å²) in [6, 6.07) is 5.44. The quantitative estimate of drug-likeness (QED) is 0.815. The van der Waals surface area contributed by atoms with Gasteiger partial charge in [-0.15, -0.1) is 0 Å². The van der Waals surface area contributed by atoms with Gasteiger partial charge in [0.1, 0.15) is 5.82 Å². The van der Waals surface area contributed by atoms with E-state index in [1.165, 1.54) is 0 Å². The van der Waals surface area contributed by atoms with Gasteiger partial charge in [0.15, 0.2) is 24.1 Å². The van der Waals surface area contributed by atoms with Crippen molar-refractivity contribution in [3.8, 4) is 5.75 Å². The first kappa shape index (κ1) is 16.2. The Morgan fingerprint density at radius 3 is 2.89 bits per heavy atom. The van der Waals surface area contributed by atoms with Gasteiger partial charge >= 0.3 is 0 Å². The average molecular weight is 364 g/mol. The third-order valence-electron chi connectivity index (χ3n) is 5.53. The van der Waals surface area contributed by atoms with Gasteiger partial charge in [0.25, 0.3) is 5.91 Å². The minimum Gasteiger partial charge on any atom is -0.469 e. The molecule has 138 valence electrons. The molecule has 0 N–H and O–H groups in total. The fraction of sp³-hybridized carbons (Fsp3) is 0.400. The molecule has 4 heterocycles. The minimum atomic E-state index is -0.0119. The molecular formula is C20H20N4O3. The van der Waals surface area contributed by atoms with Crippen molar-refractivity contribution in [2.75, 3.05) is 24.7 Å². The number of carbonyl (C=O) groups is 2. The number of ether oxygens (including phenoxy) is 1. The predicted molar refractivity (Wildman–Crippen MR) is 98.4 cm³/mol. The number of rotatable bonds is 2. The van der Waals surface area contributed by atoms with Gasteiger partial charge in [0.2, 0.25) is 0 Å². The monoisotopic (exact) mass is 364 g/mol. The predicted octanol–water partition coefficient (Wildman–Crippen LogP) is 2.58. The van der Waals surface area contributed by atoms with Gasteiger partial charge in [0.05, 0.1) is 11.3 Å². The van der Waals surface area contributed by atoms with Crippen molar-refractivity contribution in [2.45, 2.75) is 26.2 Å². The molecule has 1 aliphatic carbocycles. The van der Waals surface area contributed by atoms with Crippen LogP contribution in [0.1, 0.15) is 46.2 Å². The maximum Gasteiger partial charge on any atom is 0.255 e. The second-order valence-corrected chi connectivity index (χ2v) is 7.38. The van der Waals surface area contributed by atoms with Gasteiger partial charge in [-0.3, -0.25) is 14.5 Å². The first-order valence-corrected chi connectivity index (χ1v) is 9.35. The van der Waals surface area contributed by atoms with Crippen molar-refractivity contribution in [3.63, 3.8) is 0 Å². The number of anilines is 2. The second kappa shape index (κ2) is 6.04. The summed E-state index contributed by atoms with van der Waals surface area (Å²) in [7, 11) is 0. The number of Topliss-reactive ketones (excluding diaryl/α,β-unsaturated/α-hetero) is 1. The Labute approximate surface area is 157 Å². The number of ketones is 1. The van der Waals surface area contributed by atoms with E-state index in [1.807, 2.05) is 28.9 Å². The summed E-state index contributed by atoms with van der Waals surface area (Å²) >= 11 is 0. The third-order valence-corrected chi connectivity index (χ3v) is 5.53. The van der Waals surface area contributed by atoms with Gasteiger partial charge in [-0.05, 0) is 31.0 Å². The average Bonchev–Trinajstić information content (AvgIpc) is 3.40. The number of aromatic nitrogens is 2. The Hall–Kier alpha value is -2.96. The molecule has 2 aromatic heterocycles. The number of amides is 1. The van der Waals surface area contributed by atoms with Crippen LogP contribution in [0, 0.1) is 5.92 Å². The van der Waals surface area contributed by atoms with Crippen molar-refractivity contribution in [2.24, 2.45) is 5.92 Å². The van der Waals surface area contributed by atoms with E-state index in [9.17, 15) is 9.59 Å². The minimum absolute atomic E-state index is 0.00741. The van der Waals surface area contributed by atoms with Crippen LogP contribution >= 0.6 is 0 Å². The Morgan fingerprint density at radius 2 is 2.07 bits per heavy atom. The lowest BCUT2D eigenvalue weighted by Crippen LogP contribution is -2.27. The van der Waals surface area contributed by atoms with E-state index in [1.54, 1.807) is 12.3 Å². The number of nitrogens with zero attached hydrogens (tertiary/aromatic N) is 4. The van der Waals surface area contributed by atoms with Crippen molar-refractivity contribution in [1.29, 1.82) is 0 Å². The molecule has 1 amide bonds. The summed E-state index contributed by atoms with van der Waals surface area (Å²) < 4.78 is 5.77. The summed E-state index contributed by atoms with van der Waals surface area (Å²) in [6.07, 6.45) is 4.39.